The smallest absolute Gasteiger partial charge is 0.146 e. The summed E-state index contributed by atoms with van der Waals surface area (Å²) in [6.07, 6.45) is 1.87. The Balaban J connectivity index is 1.14. The maximum absolute atomic E-state index is 6.47. The molecule has 0 unspecified atom stereocenters. The van der Waals surface area contributed by atoms with E-state index in [0.717, 1.165) is 55.3 Å². The number of furan rings is 2. The second-order valence-electron chi connectivity index (χ2n) is 14.4. The molecule has 0 aliphatic rings. The Morgan fingerprint density at radius 3 is 1.73 bits per heavy atom. The highest BCUT2D eigenvalue weighted by Gasteiger charge is 2.23. The summed E-state index contributed by atoms with van der Waals surface area (Å²) in [4.78, 5) is 0. The lowest BCUT2D eigenvalue weighted by molar-refractivity contribution is 0.619. The summed E-state index contributed by atoms with van der Waals surface area (Å²) in [5.41, 5.74) is 13.1. The SMILES string of the molecule is c1ccc(-c2coc3c2ccc2oc4ccc(-c5c6ccccc6c(-c6cccc7c6c6ccccc6n7-c6ccccc6)c6ccccc56)cc4c23)cc1. The third-order valence-corrected chi connectivity index (χ3v) is 11.5. The van der Waals surface area contributed by atoms with Gasteiger partial charge in [0.1, 0.15) is 16.7 Å². The first-order valence-electron chi connectivity index (χ1n) is 18.8. The number of hydrogen-bond donors (Lipinski definition) is 0. The zero-order valence-electron chi connectivity index (χ0n) is 29.7. The van der Waals surface area contributed by atoms with E-state index in [2.05, 4.69) is 180 Å². The van der Waals surface area contributed by atoms with Crippen molar-refractivity contribution in [3.8, 4) is 39.1 Å². The van der Waals surface area contributed by atoms with Crippen molar-refractivity contribution in [2.24, 2.45) is 0 Å². The van der Waals surface area contributed by atoms with Crippen LogP contribution in [0, 0.1) is 0 Å². The Kier molecular flexibility index (Phi) is 6.34. The molecule has 3 heterocycles. The minimum absolute atomic E-state index is 0.821. The summed E-state index contributed by atoms with van der Waals surface area (Å²) in [6, 6.07) is 65.3. The lowest BCUT2D eigenvalue weighted by atomic mass is 9.84. The first-order chi connectivity index (χ1) is 27.3. The molecule has 0 radical (unpaired) electrons. The highest BCUT2D eigenvalue weighted by atomic mass is 16.3. The molecule has 0 saturated heterocycles. The topological polar surface area (TPSA) is 31.2 Å². The van der Waals surface area contributed by atoms with Crippen LogP contribution in [0.1, 0.15) is 0 Å². The van der Waals surface area contributed by atoms with E-state index in [1.807, 2.05) is 12.3 Å². The highest BCUT2D eigenvalue weighted by Crippen LogP contribution is 2.48. The van der Waals surface area contributed by atoms with Gasteiger partial charge in [-0.2, -0.15) is 0 Å². The minimum atomic E-state index is 0.821. The van der Waals surface area contributed by atoms with E-state index in [9.17, 15) is 0 Å². The molecule has 0 amide bonds. The predicted molar refractivity (Wildman–Crippen MR) is 229 cm³/mol. The summed E-state index contributed by atoms with van der Waals surface area (Å²) >= 11 is 0. The predicted octanol–water partition coefficient (Wildman–Crippen LogP) is 14.7. The maximum atomic E-state index is 6.47. The number of fused-ring (bicyclic) bond motifs is 10. The fourth-order valence-corrected chi connectivity index (χ4v) is 9.16. The Labute approximate surface area is 315 Å². The summed E-state index contributed by atoms with van der Waals surface area (Å²) in [5, 5.41) is 10.5. The molecule has 256 valence electrons. The Morgan fingerprint density at radius 1 is 0.364 bits per heavy atom. The zero-order valence-corrected chi connectivity index (χ0v) is 29.7. The van der Waals surface area contributed by atoms with Crippen LogP contribution >= 0.6 is 0 Å². The van der Waals surface area contributed by atoms with E-state index in [1.165, 1.54) is 60.0 Å². The fraction of sp³-hybridized carbons (Fsp3) is 0. The quantitative estimate of drug-likeness (QED) is 0.171. The van der Waals surface area contributed by atoms with E-state index >= 15 is 0 Å². The van der Waals surface area contributed by atoms with Gasteiger partial charge in [-0.05, 0) is 97.9 Å². The number of nitrogens with zero attached hydrogens (tertiary/aromatic N) is 1. The first kappa shape index (κ1) is 30.1. The van der Waals surface area contributed by atoms with E-state index in [4.69, 9.17) is 8.83 Å². The maximum Gasteiger partial charge on any atom is 0.146 e. The average Bonchev–Trinajstić information content (AvgIpc) is 3.95. The molecular weight excluding hydrogens is 671 g/mol. The lowest BCUT2D eigenvalue weighted by Gasteiger charge is -2.18. The van der Waals surface area contributed by atoms with Gasteiger partial charge in [0, 0.05) is 32.8 Å². The number of aromatic nitrogens is 1. The normalized spacial score (nSPS) is 12.0. The molecule has 12 aromatic rings. The third kappa shape index (κ3) is 4.32. The van der Waals surface area contributed by atoms with Gasteiger partial charge in [0.25, 0.3) is 0 Å². The molecule has 0 spiro atoms. The number of rotatable bonds is 4. The van der Waals surface area contributed by atoms with Crippen LogP contribution < -0.4 is 0 Å². The monoisotopic (exact) mass is 701 g/mol. The van der Waals surface area contributed by atoms with E-state index in [1.54, 1.807) is 0 Å². The highest BCUT2D eigenvalue weighted by molar-refractivity contribution is 6.27. The number of benzene rings is 9. The van der Waals surface area contributed by atoms with Crippen LogP contribution in [0.2, 0.25) is 0 Å². The van der Waals surface area contributed by atoms with Crippen molar-refractivity contribution < 1.29 is 8.83 Å². The largest absolute Gasteiger partial charge is 0.463 e. The van der Waals surface area contributed by atoms with Gasteiger partial charge in [-0.1, -0.05) is 133 Å². The molecule has 0 bridgehead atoms. The summed E-state index contributed by atoms with van der Waals surface area (Å²) < 4.78 is 15.2. The molecule has 0 aliphatic heterocycles. The average molecular weight is 702 g/mol. The summed E-state index contributed by atoms with van der Waals surface area (Å²) in [7, 11) is 0. The van der Waals surface area contributed by atoms with Crippen molar-refractivity contribution in [3.05, 3.63) is 188 Å². The molecule has 12 rings (SSSR count). The van der Waals surface area contributed by atoms with E-state index in [0.29, 0.717) is 0 Å². The van der Waals surface area contributed by atoms with Crippen molar-refractivity contribution in [1.82, 2.24) is 4.57 Å². The molecule has 9 aromatic carbocycles. The standard InChI is InChI=1S/C52H31NO2/c1-3-14-32(15-4-1)43-31-54-52-39(43)27-29-47-51(52)42-30-33(26-28-46(42)55-47)48-35-18-7-9-20-37(35)49(38-21-10-8-19-36(38)48)41-23-13-25-45-50(41)40-22-11-12-24-44(40)53(45)34-16-5-2-6-17-34/h1-31H. The van der Waals surface area contributed by atoms with Gasteiger partial charge < -0.3 is 13.4 Å². The van der Waals surface area contributed by atoms with Crippen molar-refractivity contribution in [1.29, 1.82) is 0 Å². The van der Waals surface area contributed by atoms with Gasteiger partial charge in [-0.3, -0.25) is 0 Å². The molecule has 0 fully saturated rings. The number of para-hydroxylation sites is 2. The first-order valence-corrected chi connectivity index (χ1v) is 18.8. The molecular formula is C52H31NO2. The number of hydrogen-bond acceptors (Lipinski definition) is 2. The Morgan fingerprint density at radius 2 is 0.982 bits per heavy atom. The van der Waals surface area contributed by atoms with Crippen LogP contribution in [0.5, 0.6) is 0 Å². The second-order valence-corrected chi connectivity index (χ2v) is 14.4. The molecule has 55 heavy (non-hydrogen) atoms. The molecule has 3 aromatic heterocycles. The zero-order chi connectivity index (χ0) is 36.0. The van der Waals surface area contributed by atoms with Gasteiger partial charge in [0.15, 0.2) is 0 Å². The Hall–Kier alpha value is -7.36. The van der Waals surface area contributed by atoms with Crippen molar-refractivity contribution in [2.45, 2.75) is 0 Å². The molecule has 3 nitrogen and oxygen atoms in total. The van der Waals surface area contributed by atoms with Crippen LogP contribution in [0.25, 0.3) is 115 Å². The van der Waals surface area contributed by atoms with Crippen molar-refractivity contribution in [2.75, 3.05) is 0 Å². The lowest BCUT2D eigenvalue weighted by Crippen LogP contribution is -1.93. The van der Waals surface area contributed by atoms with Gasteiger partial charge in [-0.15, -0.1) is 0 Å². The molecule has 0 atom stereocenters. The van der Waals surface area contributed by atoms with E-state index in [-0.39, 0.29) is 0 Å². The van der Waals surface area contributed by atoms with Gasteiger partial charge in [-0.25, -0.2) is 0 Å². The van der Waals surface area contributed by atoms with Gasteiger partial charge >= 0.3 is 0 Å². The minimum Gasteiger partial charge on any atom is -0.463 e. The van der Waals surface area contributed by atoms with Gasteiger partial charge in [0.2, 0.25) is 0 Å². The van der Waals surface area contributed by atoms with Crippen LogP contribution in [-0.4, -0.2) is 4.57 Å². The van der Waals surface area contributed by atoms with Crippen LogP contribution in [0.15, 0.2) is 197 Å². The Bertz CT molecular complexity index is 3420. The van der Waals surface area contributed by atoms with Crippen molar-refractivity contribution in [3.63, 3.8) is 0 Å². The fourth-order valence-electron chi connectivity index (χ4n) is 9.16. The molecule has 0 aliphatic carbocycles. The van der Waals surface area contributed by atoms with Crippen LogP contribution in [0.4, 0.5) is 0 Å². The molecule has 3 heteroatoms. The van der Waals surface area contributed by atoms with E-state index < -0.39 is 0 Å². The van der Waals surface area contributed by atoms with Crippen LogP contribution in [-0.2, 0) is 0 Å². The van der Waals surface area contributed by atoms with Gasteiger partial charge in [0.05, 0.1) is 22.7 Å². The summed E-state index contributed by atoms with van der Waals surface area (Å²) in [5.74, 6) is 0. The summed E-state index contributed by atoms with van der Waals surface area (Å²) in [6.45, 7) is 0. The molecule has 0 N–H and O–H groups in total. The van der Waals surface area contributed by atoms with Crippen LogP contribution in [0.3, 0.4) is 0 Å². The second kappa shape index (κ2) is 11.6. The molecule has 0 saturated carbocycles. The van der Waals surface area contributed by atoms with Crippen molar-refractivity contribution >= 4 is 76.3 Å². The third-order valence-electron chi connectivity index (χ3n) is 11.5.